The van der Waals surface area contributed by atoms with E-state index in [1.165, 1.54) is 4.90 Å². The molecule has 1 aliphatic rings. The third-order valence-electron chi connectivity index (χ3n) is 3.16. The van der Waals surface area contributed by atoms with Gasteiger partial charge in [0.25, 0.3) is 5.91 Å². The maximum Gasteiger partial charge on any atom is 0.261 e. The first-order chi connectivity index (χ1) is 9.61. The van der Waals surface area contributed by atoms with Gasteiger partial charge in [-0.15, -0.1) is 0 Å². The van der Waals surface area contributed by atoms with Crippen LogP contribution >= 0.6 is 0 Å². The molecule has 2 rings (SSSR count). The molecule has 0 bridgehead atoms. The second kappa shape index (κ2) is 6.06. The van der Waals surface area contributed by atoms with Crippen LogP contribution in [0.25, 0.3) is 0 Å². The number of nitrogens with one attached hydrogen (secondary N) is 1. The van der Waals surface area contributed by atoms with Gasteiger partial charge < -0.3 is 15.0 Å². The molecule has 1 fully saturated rings. The second-order valence-electron chi connectivity index (χ2n) is 4.48. The molecule has 1 unspecified atom stereocenters. The van der Waals surface area contributed by atoms with E-state index in [9.17, 15) is 9.59 Å². The minimum absolute atomic E-state index is 0.122. The van der Waals surface area contributed by atoms with Crippen molar-refractivity contribution >= 4 is 11.8 Å². The van der Waals surface area contributed by atoms with Crippen LogP contribution in [0.1, 0.15) is 12.5 Å². The predicted octanol–water partition coefficient (Wildman–Crippen LogP) is 0.284. The lowest BCUT2D eigenvalue weighted by atomic mass is 10.2. The van der Waals surface area contributed by atoms with Gasteiger partial charge in [0.15, 0.2) is 6.61 Å². The quantitative estimate of drug-likeness (QED) is 0.857. The average molecular weight is 273 g/mol. The van der Waals surface area contributed by atoms with E-state index in [2.05, 4.69) is 5.32 Å². The van der Waals surface area contributed by atoms with Crippen LogP contribution in [0.5, 0.6) is 5.75 Å². The Labute approximate surface area is 116 Å². The summed E-state index contributed by atoms with van der Waals surface area (Å²) < 4.78 is 5.37. The summed E-state index contributed by atoms with van der Waals surface area (Å²) in [6, 6.07) is 8.05. The summed E-state index contributed by atoms with van der Waals surface area (Å²) in [5.41, 5.74) is 0.532. The molecule has 1 heterocycles. The van der Waals surface area contributed by atoms with Gasteiger partial charge >= 0.3 is 0 Å². The highest BCUT2D eigenvalue weighted by Crippen LogP contribution is 2.12. The lowest BCUT2D eigenvalue weighted by Gasteiger charge is -2.32. The van der Waals surface area contributed by atoms with Crippen molar-refractivity contribution in [1.29, 1.82) is 5.26 Å². The molecule has 1 aliphatic heterocycles. The fraction of sp³-hybridized carbons (Fsp3) is 0.357. The third kappa shape index (κ3) is 3.06. The Hall–Kier alpha value is -2.55. The standard InChI is InChI=1S/C14H15N3O3/c1-10-14(19)16-6-7-17(10)13(18)9-20-12-4-2-11(8-15)3-5-12/h2-5,10H,6-7,9H2,1H3,(H,16,19). The van der Waals surface area contributed by atoms with Crippen LogP contribution < -0.4 is 10.1 Å². The summed E-state index contributed by atoms with van der Waals surface area (Å²) in [4.78, 5) is 25.0. The van der Waals surface area contributed by atoms with Gasteiger partial charge in [0.2, 0.25) is 5.91 Å². The average Bonchev–Trinajstić information content (AvgIpc) is 2.48. The van der Waals surface area contributed by atoms with Crippen molar-refractivity contribution in [2.75, 3.05) is 19.7 Å². The molecular weight excluding hydrogens is 258 g/mol. The molecule has 0 aromatic heterocycles. The number of piperazine rings is 1. The third-order valence-corrected chi connectivity index (χ3v) is 3.16. The molecule has 6 heteroatoms. The highest BCUT2D eigenvalue weighted by atomic mass is 16.5. The van der Waals surface area contributed by atoms with Crippen molar-refractivity contribution in [2.24, 2.45) is 0 Å². The number of benzene rings is 1. The van der Waals surface area contributed by atoms with Gasteiger partial charge in [-0.3, -0.25) is 9.59 Å². The lowest BCUT2D eigenvalue weighted by Crippen LogP contribution is -2.56. The summed E-state index contributed by atoms with van der Waals surface area (Å²) in [6.45, 7) is 2.52. The summed E-state index contributed by atoms with van der Waals surface area (Å²) in [5.74, 6) is 0.145. The fourth-order valence-electron chi connectivity index (χ4n) is 1.98. The van der Waals surface area contributed by atoms with E-state index in [1.807, 2.05) is 6.07 Å². The zero-order valence-corrected chi connectivity index (χ0v) is 11.1. The number of ether oxygens (including phenoxy) is 1. The van der Waals surface area contributed by atoms with Crippen LogP contribution in [0.2, 0.25) is 0 Å². The fourth-order valence-corrected chi connectivity index (χ4v) is 1.98. The predicted molar refractivity (Wildman–Crippen MR) is 70.8 cm³/mol. The lowest BCUT2D eigenvalue weighted by molar-refractivity contribution is -0.143. The van der Waals surface area contributed by atoms with E-state index in [-0.39, 0.29) is 18.4 Å². The zero-order chi connectivity index (χ0) is 14.5. The first kappa shape index (κ1) is 13.9. The first-order valence-electron chi connectivity index (χ1n) is 6.32. The van der Waals surface area contributed by atoms with Gasteiger partial charge in [0, 0.05) is 13.1 Å². The summed E-state index contributed by atoms with van der Waals surface area (Å²) in [7, 11) is 0. The number of amides is 2. The Morgan fingerprint density at radius 2 is 2.20 bits per heavy atom. The van der Waals surface area contributed by atoms with Crippen molar-refractivity contribution in [3.05, 3.63) is 29.8 Å². The molecule has 1 aromatic rings. The Balaban J connectivity index is 1.91. The van der Waals surface area contributed by atoms with Crippen molar-refractivity contribution < 1.29 is 14.3 Å². The number of hydrogen-bond acceptors (Lipinski definition) is 4. The van der Waals surface area contributed by atoms with Gasteiger partial charge in [-0.1, -0.05) is 0 Å². The number of carbonyl (C=O) groups excluding carboxylic acids is 2. The zero-order valence-electron chi connectivity index (χ0n) is 11.1. The molecule has 0 radical (unpaired) electrons. The minimum atomic E-state index is -0.471. The molecular formula is C14H15N3O3. The van der Waals surface area contributed by atoms with Gasteiger partial charge in [-0.2, -0.15) is 5.26 Å². The van der Waals surface area contributed by atoms with Gasteiger partial charge in [0.05, 0.1) is 11.6 Å². The molecule has 6 nitrogen and oxygen atoms in total. The number of carbonyl (C=O) groups is 2. The molecule has 0 saturated carbocycles. The van der Waals surface area contributed by atoms with E-state index < -0.39 is 6.04 Å². The summed E-state index contributed by atoms with van der Waals surface area (Å²) in [6.07, 6.45) is 0. The maximum absolute atomic E-state index is 12.0. The Bertz CT molecular complexity index is 548. The molecule has 1 saturated heterocycles. The van der Waals surface area contributed by atoms with Crippen LogP contribution in [0, 0.1) is 11.3 Å². The largest absolute Gasteiger partial charge is 0.484 e. The molecule has 104 valence electrons. The Morgan fingerprint density at radius 3 is 2.85 bits per heavy atom. The topological polar surface area (TPSA) is 82.4 Å². The molecule has 0 aliphatic carbocycles. The van der Waals surface area contributed by atoms with Crippen LogP contribution in [0.4, 0.5) is 0 Å². The summed E-state index contributed by atoms with van der Waals surface area (Å²) in [5, 5.41) is 11.4. The van der Waals surface area contributed by atoms with Gasteiger partial charge in [-0.05, 0) is 31.2 Å². The van der Waals surface area contributed by atoms with Crippen LogP contribution in [-0.4, -0.2) is 42.5 Å². The first-order valence-corrected chi connectivity index (χ1v) is 6.32. The van der Waals surface area contributed by atoms with Crippen molar-refractivity contribution in [2.45, 2.75) is 13.0 Å². The van der Waals surface area contributed by atoms with Crippen LogP contribution in [0.15, 0.2) is 24.3 Å². The highest BCUT2D eigenvalue weighted by molar-refractivity contribution is 5.89. The smallest absolute Gasteiger partial charge is 0.261 e. The van der Waals surface area contributed by atoms with Crippen molar-refractivity contribution in [3.8, 4) is 11.8 Å². The van der Waals surface area contributed by atoms with E-state index >= 15 is 0 Å². The Morgan fingerprint density at radius 1 is 1.50 bits per heavy atom. The van der Waals surface area contributed by atoms with Crippen LogP contribution in [-0.2, 0) is 9.59 Å². The highest BCUT2D eigenvalue weighted by Gasteiger charge is 2.29. The van der Waals surface area contributed by atoms with E-state index in [0.29, 0.717) is 24.4 Å². The monoisotopic (exact) mass is 273 g/mol. The summed E-state index contributed by atoms with van der Waals surface area (Å²) >= 11 is 0. The molecule has 1 atom stereocenters. The van der Waals surface area contributed by atoms with Crippen LogP contribution in [0.3, 0.4) is 0 Å². The van der Waals surface area contributed by atoms with E-state index in [1.54, 1.807) is 31.2 Å². The van der Waals surface area contributed by atoms with Crippen molar-refractivity contribution in [1.82, 2.24) is 10.2 Å². The van der Waals surface area contributed by atoms with Crippen molar-refractivity contribution in [3.63, 3.8) is 0 Å². The second-order valence-corrected chi connectivity index (χ2v) is 4.48. The molecule has 20 heavy (non-hydrogen) atoms. The molecule has 0 spiro atoms. The molecule has 1 aromatic carbocycles. The normalized spacial score (nSPS) is 18.1. The molecule has 2 amide bonds. The molecule has 1 N–H and O–H groups in total. The number of hydrogen-bond donors (Lipinski definition) is 1. The maximum atomic E-state index is 12.0. The number of rotatable bonds is 3. The Kier molecular flexibility index (Phi) is 4.20. The SMILES string of the molecule is CC1C(=O)NCCN1C(=O)COc1ccc(C#N)cc1. The van der Waals surface area contributed by atoms with Gasteiger partial charge in [-0.25, -0.2) is 0 Å². The number of nitriles is 1. The van der Waals surface area contributed by atoms with E-state index in [4.69, 9.17) is 10.00 Å². The minimum Gasteiger partial charge on any atom is -0.484 e. The van der Waals surface area contributed by atoms with E-state index in [0.717, 1.165) is 0 Å². The van der Waals surface area contributed by atoms with Gasteiger partial charge in [0.1, 0.15) is 11.8 Å². The number of nitrogens with zero attached hydrogens (tertiary/aromatic N) is 2.